The Kier molecular flexibility index (Phi) is 6.69. The van der Waals surface area contributed by atoms with Crippen LogP contribution in [0.4, 0.5) is 4.79 Å². The molecule has 0 spiro atoms. The zero-order valence-electron chi connectivity index (χ0n) is 11.3. The Morgan fingerprint density at radius 2 is 2.00 bits per heavy atom. The molecule has 0 aliphatic rings. The fourth-order valence-corrected chi connectivity index (χ4v) is 1.68. The van der Waals surface area contributed by atoms with Gasteiger partial charge in [-0.2, -0.15) is 0 Å². The molecule has 1 atom stereocenters. The van der Waals surface area contributed by atoms with Gasteiger partial charge >= 0.3 is 12.0 Å². The van der Waals surface area contributed by atoms with Crippen LogP contribution in [-0.2, 0) is 4.79 Å². The number of rotatable bonds is 6. The average Bonchev–Trinajstić information content (AvgIpc) is 2.43. The first-order valence-electron chi connectivity index (χ1n) is 6.34. The number of carbonyl (C=O) groups is 2. The van der Waals surface area contributed by atoms with Crippen molar-refractivity contribution in [3.8, 4) is 11.8 Å². The van der Waals surface area contributed by atoms with Gasteiger partial charge in [0.15, 0.2) is 0 Å². The van der Waals surface area contributed by atoms with Crippen molar-refractivity contribution in [1.82, 2.24) is 10.6 Å². The molecule has 106 valence electrons. The van der Waals surface area contributed by atoms with E-state index in [0.29, 0.717) is 13.0 Å². The van der Waals surface area contributed by atoms with Gasteiger partial charge < -0.3 is 15.7 Å². The van der Waals surface area contributed by atoms with E-state index in [0.717, 1.165) is 5.56 Å². The highest BCUT2D eigenvalue weighted by molar-refractivity contribution is 5.76. The van der Waals surface area contributed by atoms with Gasteiger partial charge in [-0.25, -0.2) is 4.79 Å². The van der Waals surface area contributed by atoms with E-state index in [1.165, 1.54) is 0 Å². The van der Waals surface area contributed by atoms with Crippen LogP contribution < -0.4 is 10.6 Å². The van der Waals surface area contributed by atoms with Crippen molar-refractivity contribution in [3.05, 3.63) is 35.9 Å². The number of carboxylic acid groups (broad SMARTS) is 1. The fourth-order valence-electron chi connectivity index (χ4n) is 1.68. The summed E-state index contributed by atoms with van der Waals surface area (Å²) in [6, 6.07) is 8.09. The van der Waals surface area contributed by atoms with Crippen LogP contribution in [0.2, 0.25) is 0 Å². The summed E-state index contributed by atoms with van der Waals surface area (Å²) in [6.07, 6.45) is 0.408. The Morgan fingerprint density at radius 1 is 1.30 bits per heavy atom. The maximum absolute atomic E-state index is 11.7. The third-order valence-electron chi connectivity index (χ3n) is 2.60. The van der Waals surface area contributed by atoms with Gasteiger partial charge in [0.05, 0.1) is 12.5 Å². The lowest BCUT2D eigenvalue weighted by molar-refractivity contribution is -0.137. The summed E-state index contributed by atoms with van der Waals surface area (Å²) >= 11 is 0. The molecule has 1 aromatic carbocycles. The third kappa shape index (κ3) is 5.91. The van der Waals surface area contributed by atoms with Crippen LogP contribution in [-0.4, -0.2) is 23.7 Å². The number of urea groups is 1. The molecule has 0 aliphatic heterocycles. The SMILES string of the molecule is CC#CCCNC(=O)NC(CC(=O)O)c1ccccc1. The minimum Gasteiger partial charge on any atom is -0.481 e. The zero-order chi connectivity index (χ0) is 14.8. The smallest absolute Gasteiger partial charge is 0.315 e. The summed E-state index contributed by atoms with van der Waals surface area (Å²) in [6.45, 7) is 2.17. The topological polar surface area (TPSA) is 78.4 Å². The Bertz CT molecular complexity index is 503. The van der Waals surface area contributed by atoms with Crippen molar-refractivity contribution in [2.75, 3.05) is 6.54 Å². The van der Waals surface area contributed by atoms with Crippen molar-refractivity contribution in [2.45, 2.75) is 25.8 Å². The highest BCUT2D eigenvalue weighted by Crippen LogP contribution is 2.16. The van der Waals surface area contributed by atoms with Gasteiger partial charge in [-0.1, -0.05) is 30.3 Å². The first-order chi connectivity index (χ1) is 9.63. The van der Waals surface area contributed by atoms with Crippen LogP contribution in [0.1, 0.15) is 31.4 Å². The molecule has 0 saturated heterocycles. The van der Waals surface area contributed by atoms with E-state index >= 15 is 0 Å². The molecule has 0 aliphatic carbocycles. The second-order valence-electron chi connectivity index (χ2n) is 4.14. The Morgan fingerprint density at radius 3 is 2.60 bits per heavy atom. The fraction of sp³-hybridized carbons (Fsp3) is 0.333. The molecule has 0 heterocycles. The Labute approximate surface area is 118 Å². The quantitative estimate of drug-likeness (QED) is 0.547. The first kappa shape index (κ1) is 15.6. The number of hydrogen-bond donors (Lipinski definition) is 3. The summed E-state index contributed by atoms with van der Waals surface area (Å²) in [5, 5.41) is 14.2. The highest BCUT2D eigenvalue weighted by Gasteiger charge is 2.17. The molecule has 5 heteroatoms. The van der Waals surface area contributed by atoms with Crippen molar-refractivity contribution >= 4 is 12.0 Å². The van der Waals surface area contributed by atoms with E-state index in [4.69, 9.17) is 5.11 Å². The van der Waals surface area contributed by atoms with Crippen LogP contribution in [0.15, 0.2) is 30.3 Å². The number of carboxylic acids is 1. The Hall–Kier alpha value is -2.48. The second kappa shape index (κ2) is 8.59. The molecule has 2 amide bonds. The molecule has 3 N–H and O–H groups in total. The van der Waals surface area contributed by atoms with E-state index < -0.39 is 18.0 Å². The van der Waals surface area contributed by atoms with Gasteiger partial charge in [0.2, 0.25) is 0 Å². The number of amides is 2. The van der Waals surface area contributed by atoms with Crippen LogP contribution in [0.3, 0.4) is 0 Å². The summed E-state index contributed by atoms with van der Waals surface area (Å²) in [4.78, 5) is 22.6. The zero-order valence-corrected chi connectivity index (χ0v) is 11.3. The highest BCUT2D eigenvalue weighted by atomic mass is 16.4. The average molecular weight is 274 g/mol. The molecule has 0 saturated carbocycles. The number of aliphatic carboxylic acids is 1. The van der Waals surface area contributed by atoms with E-state index in [1.807, 2.05) is 6.07 Å². The lowest BCUT2D eigenvalue weighted by atomic mass is 10.0. The lowest BCUT2D eigenvalue weighted by Gasteiger charge is -2.17. The van der Waals surface area contributed by atoms with Gasteiger partial charge in [0.25, 0.3) is 0 Å². The molecule has 20 heavy (non-hydrogen) atoms. The molecular weight excluding hydrogens is 256 g/mol. The van der Waals surface area contributed by atoms with Crippen LogP contribution >= 0.6 is 0 Å². The van der Waals surface area contributed by atoms with Crippen molar-refractivity contribution in [1.29, 1.82) is 0 Å². The second-order valence-corrected chi connectivity index (χ2v) is 4.14. The molecule has 0 aromatic heterocycles. The number of hydrogen-bond acceptors (Lipinski definition) is 2. The predicted octanol–water partition coefficient (Wildman–Crippen LogP) is 1.92. The number of nitrogens with one attached hydrogen (secondary N) is 2. The number of benzene rings is 1. The van der Waals surface area contributed by atoms with E-state index in [2.05, 4.69) is 22.5 Å². The minimum atomic E-state index is -0.962. The summed E-state index contributed by atoms with van der Waals surface area (Å²) in [5.41, 5.74) is 0.762. The molecular formula is C15H18N2O3. The molecule has 1 unspecified atom stereocenters. The van der Waals surface area contributed by atoms with E-state index in [-0.39, 0.29) is 6.42 Å². The van der Waals surface area contributed by atoms with Crippen LogP contribution in [0.25, 0.3) is 0 Å². The normalized spacial score (nSPS) is 10.8. The molecule has 0 radical (unpaired) electrons. The summed E-state index contributed by atoms with van der Waals surface area (Å²) in [7, 11) is 0. The maximum atomic E-state index is 11.7. The maximum Gasteiger partial charge on any atom is 0.315 e. The van der Waals surface area contributed by atoms with Crippen molar-refractivity contribution < 1.29 is 14.7 Å². The van der Waals surface area contributed by atoms with Gasteiger partial charge in [-0.15, -0.1) is 11.8 Å². The van der Waals surface area contributed by atoms with Crippen LogP contribution in [0.5, 0.6) is 0 Å². The predicted molar refractivity (Wildman–Crippen MR) is 76.0 cm³/mol. The molecule has 1 rings (SSSR count). The van der Waals surface area contributed by atoms with Gasteiger partial charge in [0.1, 0.15) is 0 Å². The standard InChI is InChI=1S/C15H18N2O3/c1-2-3-7-10-16-15(20)17-13(11-14(18)19)12-8-5-4-6-9-12/h4-6,8-9,13H,7,10-11H2,1H3,(H,18,19)(H2,16,17,20). The van der Waals surface area contributed by atoms with E-state index in [1.54, 1.807) is 31.2 Å². The molecule has 5 nitrogen and oxygen atoms in total. The van der Waals surface area contributed by atoms with Crippen LogP contribution in [0, 0.1) is 11.8 Å². The minimum absolute atomic E-state index is 0.161. The first-order valence-corrected chi connectivity index (χ1v) is 6.34. The molecule has 0 bridgehead atoms. The monoisotopic (exact) mass is 274 g/mol. The lowest BCUT2D eigenvalue weighted by Crippen LogP contribution is -2.39. The Balaban J connectivity index is 2.58. The van der Waals surface area contributed by atoms with Crippen molar-refractivity contribution in [2.24, 2.45) is 0 Å². The summed E-state index contributed by atoms with van der Waals surface area (Å²) in [5.74, 6) is 4.61. The van der Waals surface area contributed by atoms with Crippen molar-refractivity contribution in [3.63, 3.8) is 0 Å². The third-order valence-corrected chi connectivity index (χ3v) is 2.60. The summed E-state index contributed by atoms with van der Waals surface area (Å²) < 4.78 is 0. The largest absolute Gasteiger partial charge is 0.481 e. The van der Waals surface area contributed by atoms with Gasteiger partial charge in [-0.3, -0.25) is 4.79 Å². The molecule has 0 fully saturated rings. The van der Waals surface area contributed by atoms with E-state index in [9.17, 15) is 9.59 Å². The van der Waals surface area contributed by atoms with Gasteiger partial charge in [0, 0.05) is 13.0 Å². The molecule has 1 aromatic rings. The van der Waals surface area contributed by atoms with Gasteiger partial charge in [-0.05, 0) is 12.5 Å². The number of carbonyl (C=O) groups excluding carboxylic acids is 1.